The Hall–Kier alpha value is 1.66. The molecular weight excluding hydrogens is 937 g/mol. The Balaban J connectivity index is 0.00000241. The van der Waals surface area contributed by atoms with Gasteiger partial charge in [-0.25, -0.2) is 11.2 Å². The predicted molar refractivity (Wildman–Crippen MR) is 125 cm³/mol. The van der Waals surface area contributed by atoms with Crippen LogP contribution in [0.5, 0.6) is 0 Å². The molecule has 0 radical (unpaired) electrons. The second-order valence-electron chi connectivity index (χ2n) is 9.93. The summed E-state index contributed by atoms with van der Waals surface area (Å²) in [5.74, 6) is 0.0347. The van der Waals surface area contributed by atoms with Crippen molar-refractivity contribution in [2.75, 3.05) is 46.6 Å². The van der Waals surface area contributed by atoms with Crippen molar-refractivity contribution in [3.8, 4) is 0 Å². The molecular formula is C23H38N3O7PU2-2. The fourth-order valence-electron chi connectivity index (χ4n) is 4.86. The third-order valence-electron chi connectivity index (χ3n) is 6.64. The molecule has 4 rings (SSSR count). The van der Waals surface area contributed by atoms with Crippen molar-refractivity contribution in [2.24, 2.45) is 5.92 Å². The van der Waals surface area contributed by atoms with Gasteiger partial charge >= 0.3 is 0 Å². The largest absolute Gasteiger partial charge is 0.543 e. The van der Waals surface area contributed by atoms with Crippen LogP contribution in [0, 0.1) is 87.9 Å². The Labute approximate surface area is 266 Å². The van der Waals surface area contributed by atoms with Crippen LogP contribution in [0.3, 0.4) is 0 Å². The van der Waals surface area contributed by atoms with E-state index >= 15 is 0 Å². The second-order valence-corrected chi connectivity index (χ2v) is 11.3. The normalized spacial score (nSPS) is 35.8. The molecule has 0 aromatic carbocycles. The van der Waals surface area contributed by atoms with Crippen LogP contribution in [-0.2, 0) is 32.8 Å². The summed E-state index contributed by atoms with van der Waals surface area (Å²) in [4.78, 5) is 9.55. The predicted octanol–water partition coefficient (Wildman–Crippen LogP) is 2.81. The van der Waals surface area contributed by atoms with Gasteiger partial charge < -0.3 is 32.8 Å². The van der Waals surface area contributed by atoms with Gasteiger partial charge in [0.2, 0.25) is 6.54 Å². The zero-order valence-corrected chi connectivity index (χ0v) is 30.9. The third-order valence-corrected chi connectivity index (χ3v) is 8.75. The van der Waals surface area contributed by atoms with Crippen molar-refractivity contribution >= 4 is 8.53 Å². The first-order valence-corrected chi connectivity index (χ1v) is 13.0. The molecule has 4 aliphatic heterocycles. The van der Waals surface area contributed by atoms with E-state index in [0.717, 1.165) is 0 Å². The summed E-state index contributed by atoms with van der Waals surface area (Å²) in [7, 11) is 0.431. The Kier molecular flexibility index (Phi) is 13.0. The Morgan fingerprint density at radius 3 is 2.39 bits per heavy atom. The number of hydroxylamine groups is 2. The molecule has 0 saturated carbocycles. The van der Waals surface area contributed by atoms with Crippen molar-refractivity contribution in [2.45, 2.75) is 76.2 Å². The van der Waals surface area contributed by atoms with Gasteiger partial charge in [0.1, 0.15) is 12.2 Å². The standard InChI is InChI=1S/C23H38N3O7P.2U/c1-16(2)26(17(3)4)34(32-9-8-24-6)33-21-20-12-30-23(21,14-28-20)15-31-25(7)10-18-19-11-29-22(18,5)13-27-19;;/h11-12,16-21H,8-10,13-15H2,1-5,7H3;;/q-2;;/t18-,19-,20-,21-,22-,23+,34?;;/m0../s1/i5D;;. The average molecular weight is 977 g/mol. The smallest absolute Gasteiger partial charge is 0.259 e. The Morgan fingerprint density at radius 1 is 1.14 bits per heavy atom. The zero-order valence-electron chi connectivity index (χ0n) is 22.7. The van der Waals surface area contributed by atoms with Gasteiger partial charge in [-0.05, 0) is 46.8 Å². The molecule has 202 valence electrons. The van der Waals surface area contributed by atoms with Gasteiger partial charge in [-0.1, -0.05) is 0 Å². The SMILES string of the molecule is [2H]C[C@@]12CO[C@@H]([CH-]O1)[C@@H]2CN(C)OC[C@@]12CO[C@@H]([CH-]O1)[C@@H]2OP(OCC[N+]#[C-])N(C(C)C)C(C)C.[U].[U]. The summed E-state index contributed by atoms with van der Waals surface area (Å²) in [6.07, 6.45) is -0.824. The summed E-state index contributed by atoms with van der Waals surface area (Å²) in [5, 5.41) is 1.77. The number of ether oxygens (including phenoxy) is 4. The van der Waals surface area contributed by atoms with Crippen LogP contribution in [0.2, 0.25) is 0 Å². The molecule has 0 aromatic heterocycles. The van der Waals surface area contributed by atoms with Crippen molar-refractivity contribution in [1.82, 2.24) is 9.73 Å². The van der Waals surface area contributed by atoms with E-state index in [1.165, 1.54) is 0 Å². The van der Waals surface area contributed by atoms with E-state index < -0.39 is 25.8 Å². The van der Waals surface area contributed by atoms with Crippen LogP contribution in [0.15, 0.2) is 0 Å². The van der Waals surface area contributed by atoms with E-state index in [9.17, 15) is 0 Å². The minimum atomic E-state index is -1.44. The van der Waals surface area contributed by atoms with Crippen molar-refractivity contribution in [1.29, 1.82) is 0 Å². The fourth-order valence-corrected chi connectivity index (χ4v) is 6.66. The number of hydrogen-bond acceptors (Lipinski definition) is 9. The van der Waals surface area contributed by atoms with Crippen LogP contribution < -0.4 is 0 Å². The molecule has 13 heteroatoms. The average Bonchev–Trinajstić information content (AvgIpc) is 3.55. The molecule has 4 bridgehead atoms. The number of hydrogen-bond donors (Lipinski definition) is 0. The molecule has 10 nitrogen and oxygen atoms in total. The maximum Gasteiger partial charge on any atom is 0.259 e. The molecule has 7 atom stereocenters. The maximum atomic E-state index is 7.93. The quantitative estimate of drug-likeness (QED) is 0.120. The molecule has 0 spiro atoms. The van der Waals surface area contributed by atoms with Crippen molar-refractivity contribution in [3.63, 3.8) is 0 Å². The van der Waals surface area contributed by atoms with Crippen molar-refractivity contribution in [3.05, 3.63) is 24.6 Å². The first-order valence-electron chi connectivity index (χ1n) is 12.6. The summed E-state index contributed by atoms with van der Waals surface area (Å²) in [6, 6.07) is 0.397. The van der Waals surface area contributed by atoms with Crippen molar-refractivity contribution < 1.29 is 96.4 Å². The molecule has 4 heterocycles. The van der Waals surface area contributed by atoms with E-state index in [4.69, 9.17) is 40.8 Å². The summed E-state index contributed by atoms with van der Waals surface area (Å²) in [5.41, 5.74) is -1.38. The Bertz CT molecular complexity index is 744. The molecule has 0 aliphatic carbocycles. The molecule has 4 saturated heterocycles. The van der Waals surface area contributed by atoms with Crippen LogP contribution in [-0.4, -0.2) is 97.9 Å². The number of rotatable bonds is 13. The molecule has 36 heavy (non-hydrogen) atoms. The van der Waals surface area contributed by atoms with E-state index in [0.29, 0.717) is 26.4 Å². The van der Waals surface area contributed by atoms with Crippen LogP contribution >= 0.6 is 8.53 Å². The zero-order chi connectivity index (χ0) is 25.2. The molecule has 0 aromatic rings. The summed E-state index contributed by atoms with van der Waals surface area (Å²) in [6.45, 7) is 21.2. The van der Waals surface area contributed by atoms with Gasteiger partial charge in [0.05, 0.1) is 31.5 Å². The third kappa shape index (κ3) is 7.29. The molecule has 4 fully saturated rings. The first-order chi connectivity index (χ1) is 16.7. The number of fused-ring (bicyclic) bond motifs is 4. The minimum Gasteiger partial charge on any atom is -0.543 e. The van der Waals surface area contributed by atoms with Gasteiger partial charge in [0.25, 0.3) is 8.53 Å². The fraction of sp³-hybridized carbons (Fsp3) is 0.870. The monoisotopic (exact) mass is 976 g/mol. The van der Waals surface area contributed by atoms with Gasteiger partial charge in [-0.2, -0.15) is 18.3 Å². The number of nitrogens with zero attached hydrogens (tertiary/aromatic N) is 3. The van der Waals surface area contributed by atoms with Gasteiger partial charge in [-0.3, -0.25) is 4.84 Å². The molecule has 1 unspecified atom stereocenters. The topological polar surface area (TPSA) is 75.5 Å². The van der Waals surface area contributed by atoms with Crippen LogP contribution in [0.4, 0.5) is 0 Å². The minimum absolute atomic E-state index is 0. The van der Waals surface area contributed by atoms with Crippen LogP contribution in [0.25, 0.3) is 4.85 Å². The summed E-state index contributed by atoms with van der Waals surface area (Å²) < 4.78 is 46.4. The summed E-state index contributed by atoms with van der Waals surface area (Å²) >= 11 is 0. The van der Waals surface area contributed by atoms with E-state index in [-0.39, 0.29) is 112 Å². The first kappa shape index (κ1) is 32.2. The maximum absolute atomic E-state index is 7.93. The van der Waals surface area contributed by atoms with Gasteiger partial charge in [0.15, 0.2) is 0 Å². The van der Waals surface area contributed by atoms with Gasteiger partial charge in [0, 0.05) is 95.2 Å². The molecule has 0 N–H and O–H groups in total. The van der Waals surface area contributed by atoms with Gasteiger partial charge in [-0.15, -0.1) is 0 Å². The van der Waals surface area contributed by atoms with E-state index in [1.807, 2.05) is 7.05 Å². The van der Waals surface area contributed by atoms with E-state index in [1.54, 1.807) is 18.3 Å². The Morgan fingerprint density at radius 2 is 1.83 bits per heavy atom. The molecule has 0 amide bonds. The van der Waals surface area contributed by atoms with Crippen LogP contribution in [0.1, 0.15) is 36.0 Å². The second kappa shape index (κ2) is 14.5. The molecule has 4 aliphatic rings. The van der Waals surface area contributed by atoms with E-state index in [2.05, 4.69) is 37.2 Å².